The summed E-state index contributed by atoms with van der Waals surface area (Å²) in [6, 6.07) is 18.5. The van der Waals surface area contributed by atoms with Crippen molar-refractivity contribution < 1.29 is 4.74 Å². The van der Waals surface area contributed by atoms with Crippen molar-refractivity contribution in [3.8, 4) is 5.75 Å². The summed E-state index contributed by atoms with van der Waals surface area (Å²) in [6.07, 6.45) is 0. The molecular formula is C16H16N2O. The highest BCUT2D eigenvalue weighted by atomic mass is 16.5. The molecule has 3 heteroatoms. The van der Waals surface area contributed by atoms with E-state index in [1.54, 1.807) is 7.11 Å². The van der Waals surface area contributed by atoms with Gasteiger partial charge in [-0.2, -0.15) is 5.10 Å². The van der Waals surface area contributed by atoms with Gasteiger partial charge in [0, 0.05) is 12.5 Å². The third-order valence-electron chi connectivity index (χ3n) is 3.41. The minimum atomic E-state index is 0.314. The number of hydrogen-bond donors (Lipinski definition) is 1. The van der Waals surface area contributed by atoms with Gasteiger partial charge in [0.15, 0.2) is 0 Å². The lowest BCUT2D eigenvalue weighted by Gasteiger charge is -2.12. The van der Waals surface area contributed by atoms with Gasteiger partial charge < -0.3 is 10.2 Å². The standard InChI is InChI=1S/C16H16N2O/c1-19-14-9-7-13(8-10-14)16-15(11-17-18-16)12-5-3-2-4-6-12/h2-10,15,17H,11H2,1H3. The van der Waals surface area contributed by atoms with Crippen molar-refractivity contribution in [1.82, 2.24) is 5.43 Å². The molecule has 0 aliphatic carbocycles. The highest BCUT2D eigenvalue weighted by molar-refractivity contribution is 6.06. The van der Waals surface area contributed by atoms with E-state index in [0.29, 0.717) is 5.92 Å². The first-order chi connectivity index (χ1) is 9.38. The van der Waals surface area contributed by atoms with Crippen molar-refractivity contribution in [2.45, 2.75) is 5.92 Å². The van der Waals surface area contributed by atoms with Crippen LogP contribution in [0, 0.1) is 0 Å². The van der Waals surface area contributed by atoms with Crippen molar-refractivity contribution in [2.75, 3.05) is 13.7 Å². The molecule has 19 heavy (non-hydrogen) atoms. The molecule has 0 saturated carbocycles. The molecule has 96 valence electrons. The Morgan fingerprint density at radius 3 is 2.47 bits per heavy atom. The predicted octanol–water partition coefficient (Wildman–Crippen LogP) is 2.79. The maximum Gasteiger partial charge on any atom is 0.118 e. The average molecular weight is 252 g/mol. The fourth-order valence-electron chi connectivity index (χ4n) is 2.39. The zero-order valence-corrected chi connectivity index (χ0v) is 10.8. The third kappa shape index (κ3) is 2.32. The molecule has 1 unspecified atom stereocenters. The van der Waals surface area contributed by atoms with Crippen LogP contribution in [-0.2, 0) is 0 Å². The number of methoxy groups -OCH3 is 1. The molecule has 0 aromatic heterocycles. The van der Waals surface area contributed by atoms with Crippen LogP contribution in [0.3, 0.4) is 0 Å². The summed E-state index contributed by atoms with van der Waals surface area (Å²) in [6.45, 7) is 0.853. The number of hydrazone groups is 1. The molecule has 1 N–H and O–H groups in total. The molecule has 0 fully saturated rings. The number of benzene rings is 2. The Balaban J connectivity index is 1.90. The van der Waals surface area contributed by atoms with E-state index in [-0.39, 0.29) is 0 Å². The van der Waals surface area contributed by atoms with Crippen LogP contribution in [0.15, 0.2) is 59.7 Å². The molecule has 1 heterocycles. The average Bonchev–Trinajstić information content (AvgIpc) is 2.98. The number of nitrogens with one attached hydrogen (secondary N) is 1. The third-order valence-corrected chi connectivity index (χ3v) is 3.41. The first-order valence-electron chi connectivity index (χ1n) is 6.38. The lowest BCUT2D eigenvalue weighted by Crippen LogP contribution is -2.14. The van der Waals surface area contributed by atoms with Gasteiger partial charge in [-0.3, -0.25) is 0 Å². The van der Waals surface area contributed by atoms with Crippen molar-refractivity contribution in [3.63, 3.8) is 0 Å². The Kier molecular flexibility index (Phi) is 3.19. The van der Waals surface area contributed by atoms with Gasteiger partial charge in [0.1, 0.15) is 5.75 Å². The van der Waals surface area contributed by atoms with Crippen molar-refractivity contribution >= 4 is 5.71 Å². The van der Waals surface area contributed by atoms with Gasteiger partial charge in [-0.15, -0.1) is 0 Å². The summed E-state index contributed by atoms with van der Waals surface area (Å²) in [7, 11) is 1.68. The van der Waals surface area contributed by atoms with Gasteiger partial charge >= 0.3 is 0 Å². The van der Waals surface area contributed by atoms with Crippen molar-refractivity contribution in [3.05, 3.63) is 65.7 Å². The molecule has 0 bridgehead atoms. The SMILES string of the molecule is COc1ccc(C2=NNCC2c2ccccc2)cc1. The molecule has 2 aromatic rings. The zero-order chi connectivity index (χ0) is 13.1. The predicted molar refractivity (Wildman–Crippen MR) is 76.7 cm³/mol. The molecular weight excluding hydrogens is 236 g/mol. The molecule has 0 radical (unpaired) electrons. The molecule has 1 aliphatic rings. The Morgan fingerprint density at radius 2 is 1.79 bits per heavy atom. The van der Waals surface area contributed by atoms with E-state index in [1.165, 1.54) is 5.56 Å². The summed E-state index contributed by atoms with van der Waals surface area (Å²) in [4.78, 5) is 0. The van der Waals surface area contributed by atoms with Crippen molar-refractivity contribution in [1.29, 1.82) is 0 Å². The first kappa shape index (κ1) is 11.8. The topological polar surface area (TPSA) is 33.6 Å². The molecule has 0 spiro atoms. The quantitative estimate of drug-likeness (QED) is 0.911. The lowest BCUT2D eigenvalue weighted by molar-refractivity contribution is 0.415. The summed E-state index contributed by atoms with van der Waals surface area (Å²) in [5, 5.41) is 4.45. The van der Waals surface area contributed by atoms with E-state index in [1.807, 2.05) is 18.2 Å². The maximum atomic E-state index is 5.19. The Morgan fingerprint density at radius 1 is 1.05 bits per heavy atom. The van der Waals surface area contributed by atoms with E-state index in [2.05, 4.69) is 46.9 Å². The van der Waals surface area contributed by atoms with Gasteiger partial charge in [0.2, 0.25) is 0 Å². The van der Waals surface area contributed by atoms with Crippen molar-refractivity contribution in [2.24, 2.45) is 5.10 Å². The number of ether oxygens (including phenoxy) is 1. The number of nitrogens with zero attached hydrogens (tertiary/aromatic N) is 1. The summed E-state index contributed by atoms with van der Waals surface area (Å²) in [5.41, 5.74) is 6.63. The Hall–Kier alpha value is -2.29. The lowest BCUT2D eigenvalue weighted by atomic mass is 9.91. The smallest absolute Gasteiger partial charge is 0.118 e. The largest absolute Gasteiger partial charge is 0.497 e. The van der Waals surface area contributed by atoms with E-state index >= 15 is 0 Å². The molecule has 3 rings (SSSR count). The second-order valence-corrected chi connectivity index (χ2v) is 4.55. The Labute approximate surface area is 112 Å². The highest BCUT2D eigenvalue weighted by Crippen LogP contribution is 2.25. The van der Waals surface area contributed by atoms with Gasteiger partial charge in [-0.25, -0.2) is 0 Å². The normalized spacial score (nSPS) is 17.7. The second kappa shape index (κ2) is 5.14. The summed E-state index contributed by atoms with van der Waals surface area (Å²) < 4.78 is 5.19. The molecule has 3 nitrogen and oxygen atoms in total. The van der Waals surface area contributed by atoms with Gasteiger partial charge in [0.05, 0.1) is 12.8 Å². The minimum absolute atomic E-state index is 0.314. The number of rotatable bonds is 3. The van der Waals surface area contributed by atoms with Crippen LogP contribution in [0.25, 0.3) is 0 Å². The van der Waals surface area contributed by atoms with Gasteiger partial charge in [-0.05, 0) is 35.4 Å². The second-order valence-electron chi connectivity index (χ2n) is 4.55. The van der Waals surface area contributed by atoms with Crippen LogP contribution in [0.5, 0.6) is 5.75 Å². The monoisotopic (exact) mass is 252 g/mol. The van der Waals surface area contributed by atoms with Crippen LogP contribution >= 0.6 is 0 Å². The zero-order valence-electron chi connectivity index (χ0n) is 10.8. The molecule has 2 aromatic carbocycles. The van der Waals surface area contributed by atoms with Crippen LogP contribution in [-0.4, -0.2) is 19.4 Å². The highest BCUT2D eigenvalue weighted by Gasteiger charge is 2.24. The minimum Gasteiger partial charge on any atom is -0.497 e. The van der Waals surface area contributed by atoms with E-state index in [4.69, 9.17) is 4.74 Å². The van der Waals surface area contributed by atoms with Crippen LogP contribution in [0.2, 0.25) is 0 Å². The Bertz CT molecular complexity index is 575. The fraction of sp³-hybridized carbons (Fsp3) is 0.188. The van der Waals surface area contributed by atoms with Crippen LogP contribution < -0.4 is 10.2 Å². The molecule has 1 aliphatic heterocycles. The summed E-state index contributed by atoms with van der Waals surface area (Å²) >= 11 is 0. The van der Waals surface area contributed by atoms with Gasteiger partial charge in [0.25, 0.3) is 0 Å². The van der Waals surface area contributed by atoms with E-state index < -0.39 is 0 Å². The van der Waals surface area contributed by atoms with E-state index in [9.17, 15) is 0 Å². The van der Waals surface area contributed by atoms with Crippen LogP contribution in [0.1, 0.15) is 17.0 Å². The van der Waals surface area contributed by atoms with Gasteiger partial charge in [-0.1, -0.05) is 30.3 Å². The fourth-order valence-corrected chi connectivity index (χ4v) is 2.39. The maximum absolute atomic E-state index is 5.19. The molecule has 0 amide bonds. The molecule has 0 saturated heterocycles. The first-order valence-corrected chi connectivity index (χ1v) is 6.38. The number of hydrogen-bond acceptors (Lipinski definition) is 3. The molecule has 1 atom stereocenters. The van der Waals surface area contributed by atoms with Crippen LogP contribution in [0.4, 0.5) is 0 Å². The van der Waals surface area contributed by atoms with E-state index in [0.717, 1.165) is 23.6 Å². The summed E-state index contributed by atoms with van der Waals surface area (Å²) in [5.74, 6) is 1.18.